The normalized spacial score (nSPS) is 11.9. The van der Waals surface area contributed by atoms with E-state index in [4.69, 9.17) is 16.3 Å². The van der Waals surface area contributed by atoms with Crippen LogP contribution in [0.25, 0.3) is 16.6 Å². The molecule has 2 aromatic carbocycles. The van der Waals surface area contributed by atoms with Gasteiger partial charge in [-0.2, -0.15) is 0 Å². The molecule has 0 saturated heterocycles. The van der Waals surface area contributed by atoms with E-state index in [2.05, 4.69) is 15.6 Å². The molecule has 0 aliphatic rings. The van der Waals surface area contributed by atoms with Gasteiger partial charge in [-0.15, -0.1) is 11.3 Å². The molecule has 1 unspecified atom stereocenters. The first kappa shape index (κ1) is 23.5. The third kappa shape index (κ3) is 4.55. The predicted octanol–water partition coefficient (Wildman–Crippen LogP) is 4.29. The molecule has 0 radical (unpaired) electrons. The summed E-state index contributed by atoms with van der Waals surface area (Å²) in [6.07, 6.45) is 0. The molecule has 0 aliphatic carbocycles. The van der Waals surface area contributed by atoms with Crippen molar-refractivity contribution in [1.82, 2.24) is 9.55 Å². The number of aromatic amines is 1. The Kier molecular flexibility index (Phi) is 6.71. The largest absolute Gasteiger partial charge is 0.464 e. The maximum atomic E-state index is 14.2. The number of halogens is 2. The van der Waals surface area contributed by atoms with E-state index >= 15 is 0 Å². The van der Waals surface area contributed by atoms with Gasteiger partial charge in [0.25, 0.3) is 5.56 Å². The SMILES string of the molecule is CCOC(=O)C(Nc1ccc(-n2c(=O)[nH]c3cc(NC)c(F)cc3c2=O)cc1)c1ccc(Cl)s1. The Morgan fingerprint density at radius 3 is 2.56 bits per heavy atom. The van der Waals surface area contributed by atoms with E-state index < -0.39 is 29.1 Å². The maximum absolute atomic E-state index is 14.2. The second-order valence-electron chi connectivity index (χ2n) is 7.22. The van der Waals surface area contributed by atoms with E-state index in [-0.39, 0.29) is 28.9 Å². The first-order chi connectivity index (χ1) is 16.3. The maximum Gasteiger partial charge on any atom is 0.334 e. The molecule has 34 heavy (non-hydrogen) atoms. The highest BCUT2D eigenvalue weighted by Gasteiger charge is 2.24. The monoisotopic (exact) mass is 502 g/mol. The van der Waals surface area contributed by atoms with Gasteiger partial charge in [0.1, 0.15) is 5.82 Å². The van der Waals surface area contributed by atoms with Crippen molar-refractivity contribution in [3.63, 3.8) is 0 Å². The van der Waals surface area contributed by atoms with Crippen LogP contribution in [-0.4, -0.2) is 29.2 Å². The lowest BCUT2D eigenvalue weighted by Gasteiger charge is -2.17. The third-order valence-electron chi connectivity index (χ3n) is 5.09. The van der Waals surface area contributed by atoms with Gasteiger partial charge in [-0.3, -0.25) is 4.79 Å². The number of nitrogens with zero attached hydrogens (tertiary/aromatic N) is 1. The van der Waals surface area contributed by atoms with E-state index in [1.54, 1.807) is 50.4 Å². The van der Waals surface area contributed by atoms with Crippen LogP contribution in [0.4, 0.5) is 15.8 Å². The van der Waals surface area contributed by atoms with Gasteiger partial charge in [0, 0.05) is 17.6 Å². The Morgan fingerprint density at radius 1 is 1.21 bits per heavy atom. The van der Waals surface area contributed by atoms with Gasteiger partial charge < -0.3 is 20.4 Å². The molecule has 3 N–H and O–H groups in total. The lowest BCUT2D eigenvalue weighted by atomic mass is 10.2. The molecule has 2 heterocycles. The molecule has 0 fully saturated rings. The van der Waals surface area contributed by atoms with Crippen molar-refractivity contribution >= 4 is 51.2 Å². The first-order valence-electron chi connectivity index (χ1n) is 10.3. The second-order valence-corrected chi connectivity index (χ2v) is 8.96. The molecule has 176 valence electrons. The van der Waals surface area contributed by atoms with Crippen LogP contribution in [0, 0.1) is 5.82 Å². The van der Waals surface area contributed by atoms with E-state index in [0.29, 0.717) is 14.9 Å². The summed E-state index contributed by atoms with van der Waals surface area (Å²) in [5, 5.41) is 5.81. The zero-order valence-electron chi connectivity index (χ0n) is 18.1. The first-order valence-corrected chi connectivity index (χ1v) is 11.5. The zero-order valence-corrected chi connectivity index (χ0v) is 19.7. The second kappa shape index (κ2) is 9.70. The number of carbonyl (C=O) groups excluding carboxylic acids is 1. The molecule has 0 saturated carbocycles. The van der Waals surface area contributed by atoms with Crippen molar-refractivity contribution in [3.05, 3.63) is 84.4 Å². The van der Waals surface area contributed by atoms with Crippen LogP contribution >= 0.6 is 22.9 Å². The number of hydrogen-bond donors (Lipinski definition) is 3. The molecule has 2 aromatic heterocycles. The summed E-state index contributed by atoms with van der Waals surface area (Å²) in [6.45, 7) is 1.94. The quantitative estimate of drug-likeness (QED) is 0.326. The molecule has 4 aromatic rings. The van der Waals surface area contributed by atoms with Gasteiger partial charge in [0.15, 0.2) is 6.04 Å². The van der Waals surface area contributed by atoms with Crippen LogP contribution in [0.5, 0.6) is 0 Å². The summed E-state index contributed by atoms with van der Waals surface area (Å²) >= 11 is 7.28. The molecule has 8 nitrogen and oxygen atoms in total. The summed E-state index contributed by atoms with van der Waals surface area (Å²) in [4.78, 5) is 41.4. The summed E-state index contributed by atoms with van der Waals surface area (Å²) in [7, 11) is 1.54. The predicted molar refractivity (Wildman–Crippen MR) is 132 cm³/mol. The molecule has 0 bridgehead atoms. The van der Waals surface area contributed by atoms with E-state index in [9.17, 15) is 18.8 Å². The average Bonchev–Trinajstić information content (AvgIpc) is 3.24. The Bertz CT molecular complexity index is 1480. The number of rotatable bonds is 7. The number of fused-ring (bicyclic) bond motifs is 1. The van der Waals surface area contributed by atoms with Crippen LogP contribution in [0.1, 0.15) is 17.8 Å². The van der Waals surface area contributed by atoms with E-state index in [1.165, 1.54) is 17.4 Å². The lowest BCUT2D eigenvalue weighted by Crippen LogP contribution is -2.33. The third-order valence-corrected chi connectivity index (χ3v) is 6.39. The van der Waals surface area contributed by atoms with Gasteiger partial charge in [0.05, 0.1) is 33.2 Å². The average molecular weight is 503 g/mol. The summed E-state index contributed by atoms with van der Waals surface area (Å²) in [5.41, 5.74) is -0.0887. The fourth-order valence-electron chi connectivity index (χ4n) is 3.49. The van der Waals surface area contributed by atoms with Crippen molar-refractivity contribution < 1.29 is 13.9 Å². The van der Waals surface area contributed by atoms with Crippen molar-refractivity contribution in [2.75, 3.05) is 24.3 Å². The Morgan fingerprint density at radius 2 is 1.94 bits per heavy atom. The number of nitrogens with one attached hydrogen (secondary N) is 3. The van der Waals surface area contributed by atoms with Gasteiger partial charge in [-0.05, 0) is 55.5 Å². The molecule has 0 amide bonds. The van der Waals surface area contributed by atoms with Crippen LogP contribution in [-0.2, 0) is 9.53 Å². The van der Waals surface area contributed by atoms with Gasteiger partial charge in [-0.1, -0.05) is 11.6 Å². The smallest absolute Gasteiger partial charge is 0.334 e. The fraction of sp³-hybridized carbons (Fsp3) is 0.174. The van der Waals surface area contributed by atoms with Crippen LogP contribution in [0.2, 0.25) is 4.34 Å². The van der Waals surface area contributed by atoms with Crippen LogP contribution in [0.3, 0.4) is 0 Å². The molecular formula is C23H20ClFN4O4S. The van der Waals surface area contributed by atoms with Crippen LogP contribution in [0.15, 0.2) is 58.1 Å². The molecule has 4 rings (SSSR count). The van der Waals surface area contributed by atoms with Crippen molar-refractivity contribution in [3.8, 4) is 5.69 Å². The molecule has 0 spiro atoms. The van der Waals surface area contributed by atoms with E-state index in [1.807, 2.05) is 0 Å². The number of thiophene rings is 1. The van der Waals surface area contributed by atoms with Gasteiger partial charge in [0.2, 0.25) is 0 Å². The Hall–Kier alpha value is -3.63. The zero-order chi connectivity index (χ0) is 24.4. The van der Waals surface area contributed by atoms with E-state index in [0.717, 1.165) is 10.6 Å². The van der Waals surface area contributed by atoms with Crippen molar-refractivity contribution in [2.24, 2.45) is 0 Å². The summed E-state index contributed by atoms with van der Waals surface area (Å²) < 4.78 is 20.8. The number of benzene rings is 2. The number of hydrogen-bond acceptors (Lipinski definition) is 7. The molecule has 0 aliphatic heterocycles. The summed E-state index contributed by atoms with van der Waals surface area (Å²) in [6, 6.07) is 11.5. The Labute approximate surface area is 202 Å². The highest BCUT2D eigenvalue weighted by atomic mass is 35.5. The minimum absolute atomic E-state index is 0.0373. The highest BCUT2D eigenvalue weighted by Crippen LogP contribution is 2.30. The minimum atomic E-state index is -0.778. The standard InChI is InChI=1S/C23H20ClFN4O4S/c1-3-33-22(31)20(18-8-9-19(24)34-18)27-12-4-6-13(7-5-12)29-21(30)14-10-15(25)17(26-2)11-16(14)28-23(29)32/h4-11,20,26-27H,3H2,1-2H3,(H,28,32). The number of anilines is 2. The number of H-pyrrole nitrogens is 1. The highest BCUT2D eigenvalue weighted by molar-refractivity contribution is 7.16. The topological polar surface area (TPSA) is 105 Å². The lowest BCUT2D eigenvalue weighted by molar-refractivity contribution is -0.144. The number of ether oxygens (including phenoxy) is 1. The Balaban J connectivity index is 1.69. The van der Waals surface area contributed by atoms with Gasteiger partial charge in [-0.25, -0.2) is 18.5 Å². The fourth-order valence-corrected chi connectivity index (χ4v) is 4.59. The number of carbonyl (C=O) groups is 1. The minimum Gasteiger partial charge on any atom is -0.464 e. The van der Waals surface area contributed by atoms with Crippen LogP contribution < -0.4 is 21.9 Å². The number of esters is 1. The molecular weight excluding hydrogens is 483 g/mol. The van der Waals surface area contributed by atoms with Crippen molar-refractivity contribution in [2.45, 2.75) is 13.0 Å². The van der Waals surface area contributed by atoms with Crippen molar-refractivity contribution in [1.29, 1.82) is 0 Å². The number of aromatic nitrogens is 2. The molecule has 1 atom stereocenters. The molecule has 11 heteroatoms. The summed E-state index contributed by atoms with van der Waals surface area (Å²) in [5.74, 6) is -1.07. The van der Waals surface area contributed by atoms with Gasteiger partial charge >= 0.3 is 11.7 Å².